The molecule has 2 aliphatic heterocycles. The van der Waals surface area contributed by atoms with Gasteiger partial charge in [0.05, 0.1) is 32.8 Å². The minimum atomic E-state index is -0.744. The third-order valence-electron chi connectivity index (χ3n) is 6.07. The van der Waals surface area contributed by atoms with Gasteiger partial charge in [-0.3, -0.25) is 9.69 Å². The van der Waals surface area contributed by atoms with Crippen molar-refractivity contribution >= 4 is 17.5 Å². The molecule has 4 rings (SSSR count). The molecule has 0 spiro atoms. The van der Waals surface area contributed by atoms with Gasteiger partial charge in [0.2, 0.25) is 5.91 Å². The Hall–Kier alpha value is -2.06. The molecule has 2 aliphatic rings. The van der Waals surface area contributed by atoms with Crippen molar-refractivity contribution in [1.82, 2.24) is 9.80 Å². The molecule has 0 unspecified atom stereocenters. The van der Waals surface area contributed by atoms with Crippen molar-refractivity contribution in [3.05, 3.63) is 52.9 Å². The van der Waals surface area contributed by atoms with Gasteiger partial charge in [-0.1, -0.05) is 18.5 Å². The molecule has 1 aromatic heterocycles. The summed E-state index contributed by atoms with van der Waals surface area (Å²) in [4.78, 5) is 17.3. The predicted molar refractivity (Wildman–Crippen MR) is 126 cm³/mol. The van der Waals surface area contributed by atoms with E-state index in [0.717, 1.165) is 30.9 Å². The second-order valence-electron chi connectivity index (χ2n) is 8.77. The Labute approximate surface area is 200 Å². The molecule has 2 aromatic rings. The van der Waals surface area contributed by atoms with Crippen LogP contribution in [0.25, 0.3) is 0 Å². The number of hydrogen-bond donors (Lipinski definition) is 0. The Morgan fingerprint density at radius 1 is 1.06 bits per heavy atom. The zero-order valence-electron chi connectivity index (χ0n) is 19.3. The second-order valence-corrected chi connectivity index (χ2v) is 9.21. The molecule has 8 heteroatoms. The van der Waals surface area contributed by atoms with Crippen molar-refractivity contribution in [2.45, 2.75) is 38.3 Å². The first kappa shape index (κ1) is 24.1. The molecule has 1 atom stereocenters. The van der Waals surface area contributed by atoms with Gasteiger partial charge in [-0.2, -0.15) is 0 Å². The van der Waals surface area contributed by atoms with Crippen LogP contribution >= 0.6 is 11.6 Å². The smallest absolute Gasteiger partial charge is 0.225 e. The summed E-state index contributed by atoms with van der Waals surface area (Å²) in [5.41, 5.74) is -0.744. The number of rotatable bonds is 9. The van der Waals surface area contributed by atoms with Crippen molar-refractivity contribution in [2.24, 2.45) is 0 Å². The Kier molecular flexibility index (Phi) is 8.30. The second kappa shape index (κ2) is 11.4. The number of halogens is 1. The summed E-state index contributed by atoms with van der Waals surface area (Å²) in [6.07, 6.45) is 2.26. The van der Waals surface area contributed by atoms with Gasteiger partial charge in [0.25, 0.3) is 0 Å². The highest BCUT2D eigenvalue weighted by atomic mass is 35.5. The third-order valence-corrected chi connectivity index (χ3v) is 6.33. The summed E-state index contributed by atoms with van der Waals surface area (Å²) in [6.45, 7) is 7.37. The van der Waals surface area contributed by atoms with Crippen LogP contribution in [0, 0.1) is 0 Å². The maximum atomic E-state index is 13.1. The minimum absolute atomic E-state index is 0.0723. The van der Waals surface area contributed by atoms with Crippen molar-refractivity contribution < 1.29 is 23.4 Å². The summed E-state index contributed by atoms with van der Waals surface area (Å²) in [7, 11) is 0. The minimum Gasteiger partial charge on any atom is -0.491 e. The first-order valence-electron chi connectivity index (χ1n) is 11.7. The Morgan fingerprint density at radius 3 is 2.58 bits per heavy atom. The standard InChI is InChI=1S/C25H33ClN2O5/c1-2-3-22-8-9-23(33-22)17-27-10-15-32-25(18-27,16-24(29)28-11-13-30-14-12-28)19-31-21-6-4-20(26)5-7-21/h4-9H,2-3,10-19H2,1H3/t25-/m0/s1. The summed E-state index contributed by atoms with van der Waals surface area (Å²) in [6, 6.07) is 11.4. The largest absolute Gasteiger partial charge is 0.491 e. The Balaban J connectivity index is 1.46. The lowest BCUT2D eigenvalue weighted by atomic mass is 9.96. The molecule has 2 saturated heterocycles. The van der Waals surface area contributed by atoms with Gasteiger partial charge in [0.1, 0.15) is 29.5 Å². The van der Waals surface area contributed by atoms with Crippen molar-refractivity contribution in [2.75, 3.05) is 52.6 Å². The SMILES string of the molecule is CCCc1ccc(CN2CCO[C@@](COc3ccc(Cl)cc3)(CC(=O)N3CCOCC3)C2)o1. The van der Waals surface area contributed by atoms with Crippen molar-refractivity contribution in [1.29, 1.82) is 0 Å². The molecule has 0 bridgehead atoms. The van der Waals surface area contributed by atoms with Crippen LogP contribution < -0.4 is 4.74 Å². The topological polar surface area (TPSA) is 64.4 Å². The number of furan rings is 1. The normalized spacial score (nSPS) is 21.8. The lowest BCUT2D eigenvalue weighted by molar-refractivity contribution is -0.159. The van der Waals surface area contributed by atoms with E-state index in [1.165, 1.54) is 0 Å². The van der Waals surface area contributed by atoms with E-state index >= 15 is 0 Å². The van der Waals surface area contributed by atoms with Crippen LogP contribution in [0.5, 0.6) is 5.75 Å². The van der Waals surface area contributed by atoms with E-state index in [4.69, 9.17) is 30.2 Å². The molecule has 180 valence electrons. The number of ether oxygens (including phenoxy) is 3. The fourth-order valence-electron chi connectivity index (χ4n) is 4.36. The van der Waals surface area contributed by atoms with E-state index in [0.29, 0.717) is 56.8 Å². The number of aryl methyl sites for hydroxylation is 1. The molecule has 3 heterocycles. The molecular formula is C25H33ClN2O5. The quantitative estimate of drug-likeness (QED) is 0.548. The van der Waals surface area contributed by atoms with Gasteiger partial charge in [-0.25, -0.2) is 0 Å². The van der Waals surface area contributed by atoms with Gasteiger partial charge in [0.15, 0.2) is 0 Å². The molecule has 33 heavy (non-hydrogen) atoms. The Morgan fingerprint density at radius 2 is 1.82 bits per heavy atom. The van der Waals surface area contributed by atoms with Crippen LogP contribution in [0.4, 0.5) is 0 Å². The maximum absolute atomic E-state index is 13.1. The van der Waals surface area contributed by atoms with E-state index < -0.39 is 5.60 Å². The van der Waals surface area contributed by atoms with Crippen LogP contribution in [0.2, 0.25) is 5.02 Å². The molecule has 7 nitrogen and oxygen atoms in total. The molecule has 2 fully saturated rings. The lowest BCUT2D eigenvalue weighted by Crippen LogP contribution is -2.57. The number of morpholine rings is 2. The van der Waals surface area contributed by atoms with Crippen LogP contribution in [0.3, 0.4) is 0 Å². The number of nitrogens with zero attached hydrogens (tertiary/aromatic N) is 2. The van der Waals surface area contributed by atoms with Gasteiger partial charge in [-0.05, 0) is 42.8 Å². The maximum Gasteiger partial charge on any atom is 0.225 e. The average Bonchev–Trinajstić information content (AvgIpc) is 3.26. The summed E-state index contributed by atoms with van der Waals surface area (Å²) in [5, 5.41) is 0.653. The highest BCUT2D eigenvalue weighted by molar-refractivity contribution is 6.30. The monoisotopic (exact) mass is 476 g/mol. The number of carbonyl (C=O) groups is 1. The van der Waals surface area contributed by atoms with Gasteiger partial charge < -0.3 is 23.5 Å². The van der Waals surface area contributed by atoms with E-state index in [2.05, 4.69) is 17.9 Å². The van der Waals surface area contributed by atoms with Crippen molar-refractivity contribution in [3.8, 4) is 5.75 Å². The summed E-state index contributed by atoms with van der Waals surface area (Å²) < 4.78 is 23.8. The van der Waals surface area contributed by atoms with E-state index in [-0.39, 0.29) is 18.9 Å². The number of amides is 1. The number of benzene rings is 1. The molecule has 0 aliphatic carbocycles. The van der Waals surface area contributed by atoms with Crippen LogP contribution in [-0.4, -0.2) is 73.9 Å². The average molecular weight is 477 g/mol. The molecule has 0 radical (unpaired) electrons. The van der Waals surface area contributed by atoms with E-state index in [1.54, 1.807) is 12.1 Å². The van der Waals surface area contributed by atoms with Crippen molar-refractivity contribution in [3.63, 3.8) is 0 Å². The molecule has 0 N–H and O–H groups in total. The zero-order chi connectivity index (χ0) is 23.1. The summed E-state index contributed by atoms with van der Waals surface area (Å²) in [5.74, 6) is 2.73. The van der Waals surface area contributed by atoms with E-state index in [1.807, 2.05) is 23.1 Å². The molecule has 0 saturated carbocycles. The zero-order valence-corrected chi connectivity index (χ0v) is 20.0. The highest BCUT2D eigenvalue weighted by Crippen LogP contribution is 2.27. The predicted octanol–water partition coefficient (Wildman–Crippen LogP) is 3.78. The fourth-order valence-corrected chi connectivity index (χ4v) is 4.48. The van der Waals surface area contributed by atoms with Gasteiger partial charge in [-0.15, -0.1) is 0 Å². The Bertz CT molecular complexity index is 896. The van der Waals surface area contributed by atoms with Crippen LogP contribution in [-0.2, 0) is 27.2 Å². The fraction of sp³-hybridized carbons (Fsp3) is 0.560. The van der Waals surface area contributed by atoms with Gasteiger partial charge in [0, 0.05) is 37.6 Å². The molecule has 1 amide bonds. The lowest BCUT2D eigenvalue weighted by Gasteiger charge is -2.43. The summed E-state index contributed by atoms with van der Waals surface area (Å²) >= 11 is 6.00. The van der Waals surface area contributed by atoms with Gasteiger partial charge >= 0.3 is 0 Å². The van der Waals surface area contributed by atoms with Crippen LogP contribution in [0.1, 0.15) is 31.3 Å². The number of carbonyl (C=O) groups excluding carboxylic acids is 1. The first-order valence-corrected chi connectivity index (χ1v) is 12.1. The molecule has 1 aromatic carbocycles. The first-order chi connectivity index (χ1) is 16.0. The third kappa shape index (κ3) is 6.73. The molecular weight excluding hydrogens is 444 g/mol. The highest BCUT2D eigenvalue weighted by Gasteiger charge is 2.41. The number of hydrogen-bond acceptors (Lipinski definition) is 6. The van der Waals surface area contributed by atoms with E-state index in [9.17, 15) is 4.79 Å². The van der Waals surface area contributed by atoms with Crippen LogP contribution in [0.15, 0.2) is 40.8 Å².